The van der Waals surface area contributed by atoms with Crippen molar-refractivity contribution in [1.82, 2.24) is 9.62 Å². The van der Waals surface area contributed by atoms with Gasteiger partial charge >= 0.3 is 0 Å². The van der Waals surface area contributed by atoms with Crippen LogP contribution in [-0.4, -0.2) is 54.7 Å². The molecule has 1 heterocycles. The van der Waals surface area contributed by atoms with Gasteiger partial charge in [0.25, 0.3) is 5.91 Å². The largest absolute Gasteiger partial charge is 0.390 e. The molecular formula is C18H28N2O4S. The Labute approximate surface area is 150 Å². The Bertz CT molecular complexity index is 689. The summed E-state index contributed by atoms with van der Waals surface area (Å²) < 4.78 is 25.8. The number of hydrogen-bond donors (Lipinski definition) is 2. The maximum Gasteiger partial charge on any atom is 0.251 e. The van der Waals surface area contributed by atoms with Crippen molar-refractivity contribution >= 4 is 15.9 Å². The highest BCUT2D eigenvalue weighted by Crippen LogP contribution is 2.15. The molecular weight excluding hydrogens is 340 g/mol. The lowest BCUT2D eigenvalue weighted by Crippen LogP contribution is -2.36. The number of nitrogens with one attached hydrogen (secondary N) is 1. The Morgan fingerprint density at radius 2 is 1.96 bits per heavy atom. The number of aryl methyl sites for hydroxylation is 1. The smallest absolute Gasteiger partial charge is 0.251 e. The fraction of sp³-hybridized carbons (Fsp3) is 0.611. The van der Waals surface area contributed by atoms with Crippen LogP contribution in [0.1, 0.15) is 49.0 Å². The number of amides is 1. The lowest BCUT2D eigenvalue weighted by Gasteiger charge is -2.17. The maximum atomic E-state index is 12.2. The second-order valence-corrected chi connectivity index (χ2v) is 9.28. The molecule has 1 saturated heterocycles. The van der Waals surface area contributed by atoms with E-state index in [0.29, 0.717) is 31.5 Å². The van der Waals surface area contributed by atoms with Gasteiger partial charge in [0.15, 0.2) is 0 Å². The zero-order chi connectivity index (χ0) is 18.5. The monoisotopic (exact) mass is 368 g/mol. The second kappa shape index (κ2) is 8.29. The average molecular weight is 368 g/mol. The van der Waals surface area contributed by atoms with E-state index in [1.807, 2.05) is 6.07 Å². The van der Waals surface area contributed by atoms with E-state index in [1.54, 1.807) is 32.0 Å². The molecule has 0 atom stereocenters. The van der Waals surface area contributed by atoms with Crippen LogP contribution in [0.3, 0.4) is 0 Å². The molecule has 1 fully saturated rings. The van der Waals surface area contributed by atoms with Gasteiger partial charge in [-0.25, -0.2) is 12.7 Å². The van der Waals surface area contributed by atoms with Crippen molar-refractivity contribution in [2.24, 2.45) is 0 Å². The number of sulfonamides is 1. The van der Waals surface area contributed by atoms with Crippen LogP contribution < -0.4 is 5.32 Å². The summed E-state index contributed by atoms with van der Waals surface area (Å²) in [6.07, 6.45) is 3.09. The first-order valence-electron chi connectivity index (χ1n) is 8.75. The first-order valence-corrected chi connectivity index (χ1v) is 10.4. The fourth-order valence-corrected chi connectivity index (χ4v) is 4.24. The van der Waals surface area contributed by atoms with E-state index >= 15 is 0 Å². The van der Waals surface area contributed by atoms with Crippen LogP contribution in [-0.2, 0) is 16.4 Å². The predicted molar refractivity (Wildman–Crippen MR) is 98.0 cm³/mol. The minimum atomic E-state index is -3.28. The van der Waals surface area contributed by atoms with Crippen LogP contribution in [0.25, 0.3) is 0 Å². The molecule has 1 amide bonds. The van der Waals surface area contributed by atoms with Crippen molar-refractivity contribution in [2.75, 3.05) is 25.4 Å². The number of carbonyl (C=O) groups excluding carboxylic acids is 1. The van der Waals surface area contributed by atoms with Crippen molar-refractivity contribution < 1.29 is 18.3 Å². The van der Waals surface area contributed by atoms with Gasteiger partial charge in [0.05, 0.1) is 11.4 Å². The topological polar surface area (TPSA) is 86.7 Å². The maximum absolute atomic E-state index is 12.2. The van der Waals surface area contributed by atoms with Crippen molar-refractivity contribution in [2.45, 2.75) is 45.1 Å². The van der Waals surface area contributed by atoms with E-state index in [-0.39, 0.29) is 18.2 Å². The molecule has 2 N–H and O–H groups in total. The highest BCUT2D eigenvalue weighted by atomic mass is 32.2. The van der Waals surface area contributed by atoms with Crippen molar-refractivity contribution in [3.05, 3.63) is 35.4 Å². The summed E-state index contributed by atoms with van der Waals surface area (Å²) in [5.41, 5.74) is 0.730. The van der Waals surface area contributed by atoms with E-state index in [1.165, 1.54) is 4.31 Å². The van der Waals surface area contributed by atoms with E-state index in [0.717, 1.165) is 18.4 Å². The molecule has 140 valence electrons. The Morgan fingerprint density at radius 3 is 2.60 bits per heavy atom. The molecule has 6 nitrogen and oxygen atoms in total. The van der Waals surface area contributed by atoms with Gasteiger partial charge in [0.2, 0.25) is 10.0 Å². The summed E-state index contributed by atoms with van der Waals surface area (Å²) in [7, 11) is -3.28. The third-order valence-corrected chi connectivity index (χ3v) is 6.19. The number of rotatable bonds is 8. The first kappa shape index (κ1) is 19.9. The Hall–Kier alpha value is -1.44. The average Bonchev–Trinajstić information content (AvgIpc) is 3.08. The summed E-state index contributed by atoms with van der Waals surface area (Å²) in [5.74, 6) is -0.348. The Balaban J connectivity index is 1.86. The molecule has 0 bridgehead atoms. The number of hydrogen-bond acceptors (Lipinski definition) is 4. The molecule has 0 spiro atoms. The first-order chi connectivity index (χ1) is 11.7. The van der Waals surface area contributed by atoms with Crippen LogP contribution in [0.5, 0.6) is 0 Å². The number of aliphatic hydroxyl groups is 1. The number of carbonyl (C=O) groups is 1. The molecule has 25 heavy (non-hydrogen) atoms. The summed E-state index contributed by atoms with van der Waals surface area (Å²) in [6.45, 7) is 4.78. The molecule has 0 saturated carbocycles. The van der Waals surface area contributed by atoms with Crippen LogP contribution in [0.2, 0.25) is 0 Å². The van der Waals surface area contributed by atoms with E-state index in [9.17, 15) is 18.3 Å². The number of benzene rings is 1. The normalized spacial score (nSPS) is 16.1. The molecule has 1 aromatic rings. The van der Waals surface area contributed by atoms with E-state index < -0.39 is 15.6 Å². The summed E-state index contributed by atoms with van der Waals surface area (Å²) in [6, 6.07) is 7.21. The zero-order valence-corrected chi connectivity index (χ0v) is 15.8. The zero-order valence-electron chi connectivity index (χ0n) is 15.0. The summed E-state index contributed by atoms with van der Waals surface area (Å²) >= 11 is 0. The molecule has 0 aromatic heterocycles. The van der Waals surface area contributed by atoms with Crippen molar-refractivity contribution in [3.8, 4) is 0 Å². The van der Waals surface area contributed by atoms with Gasteiger partial charge in [-0.15, -0.1) is 0 Å². The van der Waals surface area contributed by atoms with Crippen LogP contribution in [0, 0.1) is 0 Å². The van der Waals surface area contributed by atoms with E-state index in [2.05, 4.69) is 5.32 Å². The van der Waals surface area contributed by atoms with Gasteiger partial charge in [-0.2, -0.15) is 0 Å². The van der Waals surface area contributed by atoms with Gasteiger partial charge in [-0.1, -0.05) is 12.1 Å². The second-order valence-electron chi connectivity index (χ2n) is 7.19. The third-order valence-electron chi connectivity index (χ3n) is 4.32. The quantitative estimate of drug-likeness (QED) is 0.729. The highest BCUT2D eigenvalue weighted by molar-refractivity contribution is 7.89. The van der Waals surface area contributed by atoms with Gasteiger partial charge in [-0.3, -0.25) is 4.79 Å². The van der Waals surface area contributed by atoms with Gasteiger partial charge in [0, 0.05) is 25.2 Å². The van der Waals surface area contributed by atoms with Crippen LogP contribution in [0.15, 0.2) is 24.3 Å². The molecule has 7 heteroatoms. The molecule has 1 aliphatic heterocycles. The van der Waals surface area contributed by atoms with Gasteiger partial charge < -0.3 is 10.4 Å². The lowest BCUT2D eigenvalue weighted by molar-refractivity contribution is 0.0714. The highest BCUT2D eigenvalue weighted by Gasteiger charge is 2.24. The molecule has 0 unspecified atom stereocenters. The minimum Gasteiger partial charge on any atom is -0.390 e. The molecule has 2 rings (SSSR count). The predicted octanol–water partition coefficient (Wildman–Crippen LogP) is 1.55. The Kier molecular flexibility index (Phi) is 6.59. The summed E-state index contributed by atoms with van der Waals surface area (Å²) in [4.78, 5) is 12.2. The molecule has 0 radical (unpaired) electrons. The Morgan fingerprint density at radius 1 is 1.28 bits per heavy atom. The minimum absolute atomic E-state index is 0.0723. The van der Waals surface area contributed by atoms with E-state index in [4.69, 9.17) is 0 Å². The van der Waals surface area contributed by atoms with Gasteiger partial charge in [-0.05, 0) is 57.2 Å². The molecule has 0 aliphatic carbocycles. The fourth-order valence-electron chi connectivity index (χ4n) is 2.81. The summed E-state index contributed by atoms with van der Waals surface area (Å²) in [5, 5.41) is 12.5. The van der Waals surface area contributed by atoms with Crippen LogP contribution in [0.4, 0.5) is 0 Å². The van der Waals surface area contributed by atoms with Crippen LogP contribution >= 0.6 is 0 Å². The van der Waals surface area contributed by atoms with Crippen molar-refractivity contribution in [1.29, 1.82) is 0 Å². The lowest BCUT2D eigenvalue weighted by atomic mass is 9.98. The molecule has 1 aromatic carbocycles. The standard InChI is InChI=1S/C18H28N2O4S/c1-18(2,22)9-8-15-6-5-7-16(14-15)17(21)19-10-13-25(23,24)20-11-3-4-12-20/h5-7,14,22H,3-4,8-13H2,1-2H3,(H,19,21). The van der Waals surface area contributed by atoms with Gasteiger partial charge in [0.1, 0.15) is 0 Å². The third kappa shape index (κ3) is 6.41. The molecule has 1 aliphatic rings. The number of nitrogens with zero attached hydrogens (tertiary/aromatic N) is 1. The van der Waals surface area contributed by atoms with Crippen molar-refractivity contribution in [3.63, 3.8) is 0 Å². The SMILES string of the molecule is CC(C)(O)CCc1cccc(C(=O)NCCS(=O)(=O)N2CCCC2)c1.